The largest absolute Gasteiger partial charge is 0.314 e. The number of likely N-dealkylation sites (N-methyl/N-ethyl adjacent to an activating group) is 1. The van der Waals surface area contributed by atoms with Crippen molar-refractivity contribution in [3.8, 4) is 11.8 Å². The second kappa shape index (κ2) is 5.37. The molecule has 1 amide bonds. The Morgan fingerprint density at radius 1 is 1.29 bits per heavy atom. The van der Waals surface area contributed by atoms with Crippen LogP contribution < -0.4 is 0 Å². The normalized spacial score (nSPS) is 21.1. The summed E-state index contributed by atoms with van der Waals surface area (Å²) in [6.45, 7) is 4.63. The minimum absolute atomic E-state index is 0.304. The monoisotopic (exact) mass is 232 g/mol. The third-order valence-corrected chi connectivity index (χ3v) is 3.53. The van der Waals surface area contributed by atoms with Crippen LogP contribution in [0.2, 0.25) is 0 Å². The van der Waals surface area contributed by atoms with Crippen molar-refractivity contribution in [1.82, 2.24) is 9.80 Å². The fourth-order valence-corrected chi connectivity index (χ4v) is 2.55. The van der Waals surface area contributed by atoms with Crippen LogP contribution in [-0.2, 0) is 4.79 Å². The van der Waals surface area contributed by atoms with E-state index in [2.05, 4.69) is 23.8 Å². The van der Waals surface area contributed by atoms with Gasteiger partial charge in [0.25, 0.3) is 0 Å². The number of piperazine rings is 1. The van der Waals surface area contributed by atoms with Gasteiger partial charge in [-0.3, -0.25) is 9.69 Å². The molecular formula is C14H20N2O. The highest BCUT2D eigenvalue weighted by Gasteiger charge is 2.29. The maximum Gasteiger partial charge on any atom is 0.227 e. The Morgan fingerprint density at radius 2 is 2.12 bits per heavy atom. The molecule has 1 saturated heterocycles. The van der Waals surface area contributed by atoms with Gasteiger partial charge in [-0.25, -0.2) is 0 Å². The molecule has 0 atom stereocenters. The summed E-state index contributed by atoms with van der Waals surface area (Å²) in [5, 5.41) is 0. The van der Waals surface area contributed by atoms with Gasteiger partial charge in [0.2, 0.25) is 5.91 Å². The van der Waals surface area contributed by atoms with Gasteiger partial charge in [0.05, 0.1) is 0 Å². The second-order valence-corrected chi connectivity index (χ2v) is 4.76. The quantitative estimate of drug-likeness (QED) is 0.675. The van der Waals surface area contributed by atoms with Crippen molar-refractivity contribution in [1.29, 1.82) is 0 Å². The lowest BCUT2D eigenvalue weighted by Crippen LogP contribution is -2.47. The summed E-state index contributed by atoms with van der Waals surface area (Å²) in [6.07, 6.45) is 3.56. The number of carbonyl (C=O) groups is 1. The number of hydrogen-bond donors (Lipinski definition) is 0. The van der Waals surface area contributed by atoms with Gasteiger partial charge in [0.15, 0.2) is 0 Å². The predicted molar refractivity (Wildman–Crippen MR) is 68.2 cm³/mol. The SMILES string of the molecule is CC#CCCC1=C2CN(C)CCN2C(=O)CC1. The molecule has 0 N–H and O–H groups in total. The van der Waals surface area contributed by atoms with E-state index in [4.69, 9.17) is 0 Å². The van der Waals surface area contributed by atoms with Crippen LogP contribution in [0.15, 0.2) is 11.3 Å². The number of amides is 1. The Labute approximate surface area is 103 Å². The molecular weight excluding hydrogens is 212 g/mol. The van der Waals surface area contributed by atoms with Crippen molar-refractivity contribution in [2.24, 2.45) is 0 Å². The number of nitrogens with zero attached hydrogens (tertiary/aromatic N) is 2. The highest BCUT2D eigenvalue weighted by Crippen LogP contribution is 2.28. The van der Waals surface area contributed by atoms with Gasteiger partial charge in [0.1, 0.15) is 0 Å². The van der Waals surface area contributed by atoms with Gasteiger partial charge < -0.3 is 4.90 Å². The molecule has 3 heteroatoms. The van der Waals surface area contributed by atoms with Crippen LogP contribution in [0.3, 0.4) is 0 Å². The number of carbonyl (C=O) groups excluding carboxylic acids is 1. The van der Waals surface area contributed by atoms with Crippen molar-refractivity contribution >= 4 is 5.91 Å². The van der Waals surface area contributed by atoms with E-state index in [1.54, 1.807) is 0 Å². The van der Waals surface area contributed by atoms with E-state index in [0.717, 1.165) is 38.9 Å². The topological polar surface area (TPSA) is 23.6 Å². The lowest BCUT2D eigenvalue weighted by atomic mass is 9.96. The Bertz CT molecular complexity index is 400. The molecule has 0 spiro atoms. The van der Waals surface area contributed by atoms with Crippen LogP contribution in [0.5, 0.6) is 0 Å². The van der Waals surface area contributed by atoms with Gasteiger partial charge in [-0.2, -0.15) is 0 Å². The summed E-state index contributed by atoms with van der Waals surface area (Å²) in [6, 6.07) is 0. The first kappa shape index (κ1) is 12.2. The zero-order chi connectivity index (χ0) is 12.3. The highest BCUT2D eigenvalue weighted by molar-refractivity contribution is 5.80. The third-order valence-electron chi connectivity index (χ3n) is 3.53. The molecule has 0 aromatic rings. The molecule has 2 aliphatic heterocycles. The van der Waals surface area contributed by atoms with Crippen LogP contribution >= 0.6 is 0 Å². The first-order valence-corrected chi connectivity index (χ1v) is 6.32. The molecule has 17 heavy (non-hydrogen) atoms. The summed E-state index contributed by atoms with van der Waals surface area (Å²) >= 11 is 0. The van der Waals surface area contributed by atoms with Crippen molar-refractivity contribution in [3.63, 3.8) is 0 Å². The van der Waals surface area contributed by atoms with Gasteiger partial charge >= 0.3 is 0 Å². The average Bonchev–Trinajstić information content (AvgIpc) is 2.32. The molecule has 0 bridgehead atoms. The molecule has 2 rings (SSSR count). The number of fused-ring (bicyclic) bond motifs is 1. The molecule has 3 nitrogen and oxygen atoms in total. The van der Waals surface area contributed by atoms with Gasteiger partial charge in [-0.1, -0.05) is 0 Å². The minimum atomic E-state index is 0.304. The fraction of sp³-hybridized carbons (Fsp3) is 0.643. The Morgan fingerprint density at radius 3 is 2.88 bits per heavy atom. The molecule has 92 valence electrons. The first-order valence-electron chi connectivity index (χ1n) is 6.32. The van der Waals surface area contributed by atoms with Crippen LogP contribution in [0, 0.1) is 11.8 Å². The molecule has 0 unspecified atom stereocenters. The highest BCUT2D eigenvalue weighted by atomic mass is 16.2. The summed E-state index contributed by atoms with van der Waals surface area (Å²) in [5.41, 5.74) is 2.70. The summed E-state index contributed by atoms with van der Waals surface area (Å²) in [5.74, 6) is 6.35. The van der Waals surface area contributed by atoms with E-state index in [1.807, 2.05) is 11.8 Å². The molecule has 2 heterocycles. The first-order chi connectivity index (χ1) is 8.22. The second-order valence-electron chi connectivity index (χ2n) is 4.76. The average molecular weight is 232 g/mol. The van der Waals surface area contributed by atoms with Crippen molar-refractivity contribution in [2.45, 2.75) is 32.6 Å². The molecule has 0 radical (unpaired) electrons. The maximum atomic E-state index is 11.9. The van der Waals surface area contributed by atoms with Gasteiger partial charge in [-0.15, -0.1) is 11.8 Å². The number of rotatable bonds is 2. The van der Waals surface area contributed by atoms with E-state index < -0.39 is 0 Å². The fourth-order valence-electron chi connectivity index (χ4n) is 2.55. The summed E-state index contributed by atoms with van der Waals surface area (Å²) < 4.78 is 0. The third kappa shape index (κ3) is 2.70. The van der Waals surface area contributed by atoms with E-state index in [9.17, 15) is 4.79 Å². The molecule has 0 aromatic carbocycles. The van der Waals surface area contributed by atoms with Crippen molar-refractivity contribution < 1.29 is 4.79 Å². The Hall–Kier alpha value is -1.27. The summed E-state index contributed by atoms with van der Waals surface area (Å²) in [4.78, 5) is 16.1. The smallest absolute Gasteiger partial charge is 0.227 e. The molecule has 0 aromatic heterocycles. The van der Waals surface area contributed by atoms with Gasteiger partial charge in [0, 0.05) is 38.2 Å². The van der Waals surface area contributed by atoms with Crippen LogP contribution in [0.25, 0.3) is 0 Å². The van der Waals surface area contributed by atoms with E-state index in [-0.39, 0.29) is 0 Å². The van der Waals surface area contributed by atoms with E-state index in [0.29, 0.717) is 12.3 Å². The summed E-state index contributed by atoms with van der Waals surface area (Å²) in [7, 11) is 2.12. The molecule has 0 aliphatic carbocycles. The Kier molecular flexibility index (Phi) is 3.86. The minimum Gasteiger partial charge on any atom is -0.314 e. The van der Waals surface area contributed by atoms with E-state index >= 15 is 0 Å². The maximum absolute atomic E-state index is 11.9. The van der Waals surface area contributed by atoms with Crippen LogP contribution in [0.4, 0.5) is 0 Å². The number of allylic oxidation sites excluding steroid dienone is 1. The molecule has 0 saturated carbocycles. The number of hydrogen-bond acceptors (Lipinski definition) is 2. The zero-order valence-corrected chi connectivity index (χ0v) is 10.8. The predicted octanol–water partition coefficient (Wildman–Crippen LogP) is 1.61. The van der Waals surface area contributed by atoms with Crippen LogP contribution in [-0.4, -0.2) is 42.4 Å². The lowest BCUT2D eigenvalue weighted by Gasteiger charge is -2.39. The van der Waals surface area contributed by atoms with Crippen molar-refractivity contribution in [3.05, 3.63) is 11.3 Å². The standard InChI is InChI=1S/C14H20N2O/c1-3-4-5-6-12-7-8-14(17)16-10-9-15(2)11-13(12)16/h5-11H2,1-2H3. The van der Waals surface area contributed by atoms with Crippen LogP contribution in [0.1, 0.15) is 32.6 Å². The zero-order valence-electron chi connectivity index (χ0n) is 10.8. The van der Waals surface area contributed by atoms with E-state index in [1.165, 1.54) is 11.3 Å². The van der Waals surface area contributed by atoms with Gasteiger partial charge in [-0.05, 0) is 32.4 Å². The lowest BCUT2D eigenvalue weighted by molar-refractivity contribution is -0.131. The Balaban J connectivity index is 2.16. The molecule has 1 fully saturated rings. The van der Waals surface area contributed by atoms with Crippen molar-refractivity contribution in [2.75, 3.05) is 26.7 Å². The molecule has 2 aliphatic rings.